The van der Waals surface area contributed by atoms with Crippen LogP contribution < -0.4 is 0 Å². The van der Waals surface area contributed by atoms with Crippen molar-refractivity contribution in [3.63, 3.8) is 0 Å². The van der Waals surface area contributed by atoms with Gasteiger partial charge in [0.15, 0.2) is 0 Å². The van der Waals surface area contributed by atoms with Gasteiger partial charge in [-0.3, -0.25) is 4.98 Å². The van der Waals surface area contributed by atoms with Crippen molar-refractivity contribution in [1.29, 1.82) is 0 Å². The lowest BCUT2D eigenvalue weighted by molar-refractivity contribution is -0.389. The number of para-hydroxylation sites is 1. The fourth-order valence-corrected chi connectivity index (χ4v) is 2.07. The summed E-state index contributed by atoms with van der Waals surface area (Å²) in [6.45, 7) is 0. The third-order valence-corrected chi connectivity index (χ3v) is 2.97. The van der Waals surface area contributed by atoms with Crippen molar-refractivity contribution in [2.75, 3.05) is 0 Å². The number of hydrogen-bond acceptors (Lipinski definition) is 5. The lowest BCUT2D eigenvalue weighted by Gasteiger charge is -2.06. The van der Waals surface area contributed by atoms with E-state index in [1.54, 1.807) is 24.3 Å². The Kier molecular flexibility index (Phi) is 2.83. The van der Waals surface area contributed by atoms with Crippen LogP contribution in [0.4, 0.5) is 5.82 Å². The van der Waals surface area contributed by atoms with Crippen molar-refractivity contribution in [2.24, 2.45) is 0 Å². The molecule has 0 aliphatic heterocycles. The Bertz CT molecular complexity index is 871. The molecule has 0 aliphatic carbocycles. The smallest absolute Gasteiger partial charge is 0.390 e. The number of carbonyl (C=O) groups is 1. The molecule has 0 bridgehead atoms. The number of carboxylic acid groups (broad SMARTS) is 1. The third kappa shape index (κ3) is 2.08. The highest BCUT2D eigenvalue weighted by Crippen LogP contribution is 2.25. The second-order valence-electron chi connectivity index (χ2n) is 4.22. The van der Waals surface area contributed by atoms with Gasteiger partial charge in [0, 0.05) is 11.6 Å². The molecule has 8 heteroatoms. The lowest BCUT2D eigenvalue weighted by Crippen LogP contribution is -2.08. The number of hydrogen-bond donors (Lipinski definition) is 1. The molecule has 1 N–H and O–H groups in total. The van der Waals surface area contributed by atoms with E-state index in [1.807, 2.05) is 0 Å². The van der Waals surface area contributed by atoms with Crippen molar-refractivity contribution in [2.45, 2.75) is 0 Å². The SMILES string of the molecule is O=C(O)c1cnc2ccccc2c1-n1ccc([N+](=O)[O-])n1. The first kappa shape index (κ1) is 12.7. The Hall–Kier alpha value is -3.29. The van der Waals surface area contributed by atoms with Crippen LogP contribution in [0.2, 0.25) is 0 Å². The summed E-state index contributed by atoms with van der Waals surface area (Å²) in [7, 11) is 0. The molecule has 0 aliphatic rings. The molecule has 0 atom stereocenters. The van der Waals surface area contributed by atoms with Crippen LogP contribution >= 0.6 is 0 Å². The highest BCUT2D eigenvalue weighted by Gasteiger charge is 2.21. The molecule has 8 nitrogen and oxygen atoms in total. The fraction of sp³-hybridized carbons (Fsp3) is 0. The van der Waals surface area contributed by atoms with E-state index in [0.717, 1.165) is 0 Å². The van der Waals surface area contributed by atoms with E-state index in [1.165, 1.54) is 23.1 Å². The second kappa shape index (κ2) is 4.67. The molecule has 0 saturated carbocycles. The first-order valence-corrected chi connectivity index (χ1v) is 5.89. The third-order valence-electron chi connectivity index (χ3n) is 2.97. The van der Waals surface area contributed by atoms with Crippen LogP contribution in [0.1, 0.15) is 10.4 Å². The van der Waals surface area contributed by atoms with Crippen molar-refractivity contribution < 1.29 is 14.8 Å². The predicted octanol–water partition coefficient (Wildman–Crippen LogP) is 2.03. The van der Waals surface area contributed by atoms with Crippen molar-refractivity contribution >= 4 is 22.7 Å². The van der Waals surface area contributed by atoms with E-state index in [4.69, 9.17) is 0 Å². The highest BCUT2D eigenvalue weighted by molar-refractivity contribution is 6.00. The molecule has 0 fully saturated rings. The number of aromatic nitrogens is 3. The van der Waals surface area contributed by atoms with Crippen LogP contribution in [0.3, 0.4) is 0 Å². The molecule has 2 aromatic heterocycles. The summed E-state index contributed by atoms with van der Waals surface area (Å²) in [5, 5.41) is 24.4. The maximum absolute atomic E-state index is 11.4. The van der Waals surface area contributed by atoms with Gasteiger partial charge in [0.1, 0.15) is 11.3 Å². The minimum absolute atomic E-state index is 0.0771. The minimum Gasteiger partial charge on any atom is -0.478 e. The average molecular weight is 284 g/mol. The number of carboxylic acids is 1. The summed E-state index contributed by atoms with van der Waals surface area (Å²) in [5.41, 5.74) is 0.753. The van der Waals surface area contributed by atoms with Crippen LogP contribution in [0.25, 0.3) is 16.6 Å². The van der Waals surface area contributed by atoms with Gasteiger partial charge in [-0.1, -0.05) is 18.2 Å². The minimum atomic E-state index is -1.18. The summed E-state index contributed by atoms with van der Waals surface area (Å²) in [4.78, 5) is 25.5. The van der Waals surface area contributed by atoms with Crippen LogP contribution in [0.15, 0.2) is 42.7 Å². The number of rotatable bonds is 3. The maximum atomic E-state index is 11.4. The van der Waals surface area contributed by atoms with Crippen molar-refractivity contribution in [3.05, 3.63) is 58.4 Å². The maximum Gasteiger partial charge on any atom is 0.390 e. The Labute approximate surface area is 117 Å². The normalized spacial score (nSPS) is 10.7. The van der Waals surface area contributed by atoms with Crippen LogP contribution in [0, 0.1) is 10.1 Å². The van der Waals surface area contributed by atoms with Crippen molar-refractivity contribution in [3.8, 4) is 5.69 Å². The van der Waals surface area contributed by atoms with Gasteiger partial charge < -0.3 is 15.2 Å². The van der Waals surface area contributed by atoms with Crippen molar-refractivity contribution in [1.82, 2.24) is 14.8 Å². The highest BCUT2D eigenvalue weighted by atomic mass is 16.6. The van der Waals surface area contributed by atoms with E-state index in [9.17, 15) is 20.0 Å². The van der Waals surface area contributed by atoms with Crippen LogP contribution in [-0.4, -0.2) is 30.8 Å². The van der Waals surface area contributed by atoms with Gasteiger partial charge in [-0.2, -0.15) is 0 Å². The molecule has 0 unspecified atom stereocenters. The number of benzene rings is 1. The van der Waals surface area contributed by atoms with E-state index in [-0.39, 0.29) is 17.1 Å². The molecule has 0 spiro atoms. The standard InChI is InChI=1S/C13H8N4O4/c18-13(19)9-7-14-10-4-2-1-3-8(10)12(9)16-6-5-11(15-16)17(20)21/h1-7H,(H,18,19). The van der Waals surface area contributed by atoms with Gasteiger partial charge in [0.05, 0.1) is 22.9 Å². The van der Waals surface area contributed by atoms with Crippen LogP contribution in [0.5, 0.6) is 0 Å². The first-order chi connectivity index (χ1) is 10.1. The molecule has 2 heterocycles. The molecule has 3 rings (SSSR count). The first-order valence-electron chi connectivity index (χ1n) is 5.89. The quantitative estimate of drug-likeness (QED) is 0.581. The number of pyridine rings is 1. The Balaban J connectivity index is 2.34. The Morgan fingerprint density at radius 3 is 2.71 bits per heavy atom. The molecule has 0 amide bonds. The average Bonchev–Trinajstić information content (AvgIpc) is 2.95. The fourth-order valence-electron chi connectivity index (χ4n) is 2.07. The van der Waals surface area contributed by atoms with Gasteiger partial charge >= 0.3 is 11.8 Å². The van der Waals surface area contributed by atoms with Gasteiger partial charge in [0.25, 0.3) is 0 Å². The molecule has 3 aromatic rings. The number of fused-ring (bicyclic) bond motifs is 1. The zero-order valence-electron chi connectivity index (χ0n) is 10.5. The van der Waals surface area contributed by atoms with E-state index >= 15 is 0 Å². The molecular formula is C13H8N4O4. The molecule has 0 radical (unpaired) electrons. The number of nitro groups is 1. The van der Waals surface area contributed by atoms with E-state index in [2.05, 4.69) is 10.1 Å². The summed E-state index contributed by atoms with van der Waals surface area (Å²) >= 11 is 0. The summed E-state index contributed by atoms with van der Waals surface area (Å²) in [6.07, 6.45) is 2.57. The van der Waals surface area contributed by atoms with Gasteiger partial charge in [0.2, 0.25) is 0 Å². The molecule has 0 saturated heterocycles. The lowest BCUT2D eigenvalue weighted by atomic mass is 10.1. The van der Waals surface area contributed by atoms with Gasteiger partial charge in [-0.15, -0.1) is 4.68 Å². The topological polar surface area (TPSA) is 111 Å². The molecule has 1 aromatic carbocycles. The zero-order chi connectivity index (χ0) is 15.0. The largest absolute Gasteiger partial charge is 0.478 e. The molecular weight excluding hydrogens is 276 g/mol. The van der Waals surface area contributed by atoms with E-state index < -0.39 is 10.9 Å². The zero-order valence-corrected chi connectivity index (χ0v) is 10.5. The Morgan fingerprint density at radius 2 is 2.05 bits per heavy atom. The summed E-state index contributed by atoms with van der Waals surface area (Å²) < 4.78 is 1.19. The predicted molar refractivity (Wildman–Crippen MR) is 72.5 cm³/mol. The number of aromatic carboxylic acids is 1. The summed E-state index contributed by atoms with van der Waals surface area (Å²) in [5.74, 6) is -1.53. The Morgan fingerprint density at radius 1 is 1.29 bits per heavy atom. The van der Waals surface area contributed by atoms with E-state index in [0.29, 0.717) is 10.9 Å². The van der Waals surface area contributed by atoms with Gasteiger partial charge in [-0.25, -0.2) is 4.79 Å². The second-order valence-corrected chi connectivity index (χ2v) is 4.22. The number of nitrogens with zero attached hydrogens (tertiary/aromatic N) is 4. The molecule has 21 heavy (non-hydrogen) atoms. The monoisotopic (exact) mass is 284 g/mol. The summed E-state index contributed by atoms with van der Waals surface area (Å²) in [6, 6.07) is 8.13. The van der Waals surface area contributed by atoms with Crippen LogP contribution in [-0.2, 0) is 0 Å². The van der Waals surface area contributed by atoms with Gasteiger partial charge in [-0.05, 0) is 11.0 Å². The molecule has 104 valence electrons.